The molecule has 0 fully saturated rings. The lowest BCUT2D eigenvalue weighted by atomic mass is 10.1. The van der Waals surface area contributed by atoms with Crippen molar-refractivity contribution in [2.24, 2.45) is 5.73 Å². The van der Waals surface area contributed by atoms with Gasteiger partial charge in [-0.05, 0) is 13.3 Å². The maximum Gasteiger partial charge on any atom is 0.239 e. The van der Waals surface area contributed by atoms with E-state index in [0.29, 0.717) is 6.54 Å². The van der Waals surface area contributed by atoms with Crippen molar-refractivity contribution in [3.63, 3.8) is 0 Å². The van der Waals surface area contributed by atoms with E-state index in [1.54, 1.807) is 0 Å². The Kier molecular flexibility index (Phi) is 14.9. The van der Waals surface area contributed by atoms with Gasteiger partial charge in [0, 0.05) is 6.54 Å². The molecule has 2 atom stereocenters. The van der Waals surface area contributed by atoms with Crippen LogP contribution in [0.3, 0.4) is 0 Å². The van der Waals surface area contributed by atoms with Crippen LogP contribution >= 0.6 is 0 Å². The molecule has 0 saturated heterocycles. The molecule has 0 aliphatic heterocycles. The first-order valence-corrected chi connectivity index (χ1v) is 9.31. The van der Waals surface area contributed by atoms with Crippen molar-refractivity contribution in [3.05, 3.63) is 0 Å². The van der Waals surface area contributed by atoms with Crippen molar-refractivity contribution in [2.45, 2.75) is 103 Å². The molecule has 0 aromatic rings. The number of amides is 1. The first-order chi connectivity index (χ1) is 10.6. The van der Waals surface area contributed by atoms with Crippen molar-refractivity contribution in [2.75, 3.05) is 6.54 Å². The van der Waals surface area contributed by atoms with Gasteiger partial charge in [0.25, 0.3) is 0 Å². The fourth-order valence-electron chi connectivity index (χ4n) is 2.51. The molecule has 0 radical (unpaired) electrons. The van der Waals surface area contributed by atoms with Crippen LogP contribution in [0, 0.1) is 0 Å². The van der Waals surface area contributed by atoms with Crippen LogP contribution in [-0.2, 0) is 4.79 Å². The average Bonchev–Trinajstić information content (AvgIpc) is 2.50. The molecule has 0 aromatic heterocycles. The first kappa shape index (κ1) is 21.4. The second-order valence-electron chi connectivity index (χ2n) is 6.45. The molecule has 4 heteroatoms. The van der Waals surface area contributed by atoms with Gasteiger partial charge in [-0.2, -0.15) is 0 Å². The van der Waals surface area contributed by atoms with Crippen LogP contribution in [0.5, 0.6) is 0 Å². The quantitative estimate of drug-likeness (QED) is 0.405. The molecule has 0 unspecified atom stereocenters. The fourth-order valence-corrected chi connectivity index (χ4v) is 2.51. The minimum atomic E-state index is -0.808. The molecule has 0 spiro atoms. The van der Waals surface area contributed by atoms with Gasteiger partial charge in [0.15, 0.2) is 0 Å². The summed E-state index contributed by atoms with van der Waals surface area (Å²) in [4.78, 5) is 11.5. The highest BCUT2D eigenvalue weighted by Crippen LogP contribution is 2.11. The van der Waals surface area contributed by atoms with Crippen molar-refractivity contribution < 1.29 is 9.90 Å². The van der Waals surface area contributed by atoms with Gasteiger partial charge in [0.2, 0.25) is 5.91 Å². The third kappa shape index (κ3) is 13.1. The summed E-state index contributed by atoms with van der Waals surface area (Å²) in [7, 11) is 0. The Bertz CT molecular complexity index is 257. The van der Waals surface area contributed by atoms with Crippen LogP contribution in [-0.4, -0.2) is 29.7 Å². The number of hydrogen-bond donors (Lipinski definition) is 3. The molecule has 132 valence electrons. The summed E-state index contributed by atoms with van der Waals surface area (Å²) in [5.74, 6) is -0.252. The third-order valence-corrected chi connectivity index (χ3v) is 4.15. The average molecular weight is 315 g/mol. The zero-order chi connectivity index (χ0) is 16.6. The second kappa shape index (κ2) is 15.3. The van der Waals surface area contributed by atoms with E-state index in [9.17, 15) is 9.90 Å². The zero-order valence-corrected chi connectivity index (χ0v) is 14.8. The lowest BCUT2D eigenvalue weighted by Gasteiger charge is -2.14. The van der Waals surface area contributed by atoms with Crippen molar-refractivity contribution >= 4 is 5.91 Å². The molecule has 0 aliphatic rings. The summed E-state index contributed by atoms with van der Waals surface area (Å²) in [6.07, 6.45) is 14.9. The van der Waals surface area contributed by atoms with Gasteiger partial charge in [0.05, 0.1) is 6.10 Å². The third-order valence-electron chi connectivity index (χ3n) is 4.15. The summed E-state index contributed by atoms with van der Waals surface area (Å²) >= 11 is 0. The number of aliphatic hydroxyl groups excluding tert-OH is 1. The minimum Gasteiger partial charge on any atom is -0.391 e. The Balaban J connectivity index is 3.19. The van der Waals surface area contributed by atoms with E-state index in [2.05, 4.69) is 12.2 Å². The normalized spacial score (nSPS) is 13.8. The lowest BCUT2D eigenvalue weighted by Crippen LogP contribution is -2.47. The number of rotatable bonds is 15. The van der Waals surface area contributed by atoms with Crippen LogP contribution in [0.1, 0.15) is 90.9 Å². The van der Waals surface area contributed by atoms with Crippen molar-refractivity contribution in [1.29, 1.82) is 0 Å². The smallest absolute Gasteiger partial charge is 0.239 e. The van der Waals surface area contributed by atoms with E-state index >= 15 is 0 Å². The highest BCUT2D eigenvalue weighted by molar-refractivity contribution is 5.81. The lowest BCUT2D eigenvalue weighted by molar-refractivity contribution is -0.124. The van der Waals surface area contributed by atoms with Gasteiger partial charge in [-0.15, -0.1) is 0 Å². The second-order valence-corrected chi connectivity index (χ2v) is 6.45. The summed E-state index contributed by atoms with van der Waals surface area (Å²) in [5, 5.41) is 12.0. The number of aliphatic hydroxyl groups is 1. The van der Waals surface area contributed by atoms with Crippen LogP contribution in [0.15, 0.2) is 0 Å². The van der Waals surface area contributed by atoms with E-state index in [4.69, 9.17) is 5.73 Å². The highest BCUT2D eigenvalue weighted by Gasteiger charge is 2.17. The van der Waals surface area contributed by atoms with Gasteiger partial charge in [0.1, 0.15) is 6.04 Å². The highest BCUT2D eigenvalue weighted by atomic mass is 16.3. The van der Waals surface area contributed by atoms with Gasteiger partial charge in [-0.3, -0.25) is 4.79 Å². The van der Waals surface area contributed by atoms with E-state index in [-0.39, 0.29) is 5.91 Å². The number of unbranched alkanes of at least 4 members (excludes halogenated alkanes) is 11. The Morgan fingerprint density at radius 3 is 1.73 bits per heavy atom. The Morgan fingerprint density at radius 2 is 1.32 bits per heavy atom. The molecular weight excluding hydrogens is 276 g/mol. The van der Waals surface area contributed by atoms with Crippen LogP contribution in [0.25, 0.3) is 0 Å². The molecular formula is C18H38N2O2. The topological polar surface area (TPSA) is 75.4 Å². The van der Waals surface area contributed by atoms with Gasteiger partial charge < -0.3 is 16.2 Å². The maximum absolute atomic E-state index is 11.5. The van der Waals surface area contributed by atoms with E-state index in [1.807, 2.05) is 0 Å². The van der Waals surface area contributed by atoms with Crippen molar-refractivity contribution in [1.82, 2.24) is 5.32 Å². The van der Waals surface area contributed by atoms with Gasteiger partial charge in [-0.25, -0.2) is 0 Å². The number of carbonyl (C=O) groups excluding carboxylic acids is 1. The summed E-state index contributed by atoms with van der Waals surface area (Å²) in [6, 6.07) is -0.808. The standard InChI is InChI=1S/C18H38N2O2/c1-3-4-5-6-7-8-9-10-11-12-13-14-15-20-18(22)17(19)16(2)21/h16-17,21H,3-15,19H2,1-2H3,(H,20,22)/t16-,17+/m1/s1. The SMILES string of the molecule is CCCCCCCCCCCCCCNC(=O)[C@@H](N)[C@@H](C)O. The maximum atomic E-state index is 11.5. The number of carbonyl (C=O) groups is 1. The van der Waals surface area contributed by atoms with E-state index in [1.165, 1.54) is 71.1 Å². The van der Waals surface area contributed by atoms with E-state index in [0.717, 1.165) is 12.8 Å². The van der Waals surface area contributed by atoms with Gasteiger partial charge >= 0.3 is 0 Å². The van der Waals surface area contributed by atoms with Crippen LogP contribution in [0.2, 0.25) is 0 Å². The summed E-state index contributed by atoms with van der Waals surface area (Å²) in [5.41, 5.74) is 5.55. The Hall–Kier alpha value is -0.610. The zero-order valence-electron chi connectivity index (χ0n) is 14.8. The molecule has 1 amide bonds. The molecule has 0 rings (SSSR count). The number of hydrogen-bond acceptors (Lipinski definition) is 3. The fraction of sp³-hybridized carbons (Fsp3) is 0.944. The van der Waals surface area contributed by atoms with Crippen LogP contribution < -0.4 is 11.1 Å². The first-order valence-electron chi connectivity index (χ1n) is 9.31. The summed E-state index contributed by atoms with van der Waals surface area (Å²) < 4.78 is 0. The minimum absolute atomic E-state index is 0.252. The largest absolute Gasteiger partial charge is 0.391 e. The molecule has 0 bridgehead atoms. The summed E-state index contributed by atoms with van der Waals surface area (Å²) in [6.45, 7) is 4.46. The monoisotopic (exact) mass is 314 g/mol. The van der Waals surface area contributed by atoms with Crippen molar-refractivity contribution in [3.8, 4) is 0 Å². The molecule has 0 aliphatic carbocycles. The van der Waals surface area contributed by atoms with Gasteiger partial charge in [-0.1, -0.05) is 77.6 Å². The predicted octanol–water partition coefficient (Wildman–Crippen LogP) is 3.51. The molecule has 4 N–H and O–H groups in total. The molecule has 4 nitrogen and oxygen atoms in total. The Morgan fingerprint density at radius 1 is 0.909 bits per heavy atom. The molecule has 0 saturated carbocycles. The number of nitrogens with two attached hydrogens (primary N) is 1. The Labute approximate surface area is 137 Å². The molecule has 22 heavy (non-hydrogen) atoms. The van der Waals surface area contributed by atoms with Crippen LogP contribution in [0.4, 0.5) is 0 Å². The number of nitrogens with one attached hydrogen (secondary N) is 1. The molecule has 0 heterocycles. The molecule has 0 aromatic carbocycles. The predicted molar refractivity (Wildman–Crippen MR) is 93.7 cm³/mol. The van der Waals surface area contributed by atoms with E-state index < -0.39 is 12.1 Å².